The minimum atomic E-state index is 0.0300. The molecule has 0 unspecified atom stereocenters. The molecule has 0 saturated carbocycles. The van der Waals surface area contributed by atoms with Crippen molar-refractivity contribution in [3.8, 4) is 0 Å². The molecular formula is C14H14O2. The fraction of sp³-hybridized carbons (Fsp3) is 0.214. The maximum absolute atomic E-state index is 11.9. The average molecular weight is 214 g/mol. The summed E-state index contributed by atoms with van der Waals surface area (Å²) < 4.78 is 5.31. The fourth-order valence-electron chi connectivity index (χ4n) is 1.65. The van der Waals surface area contributed by atoms with Gasteiger partial charge in [0.05, 0.1) is 0 Å². The molecule has 0 saturated heterocycles. The molecule has 2 rings (SSSR count). The van der Waals surface area contributed by atoms with E-state index in [4.69, 9.17) is 4.42 Å². The number of rotatable bonds is 3. The van der Waals surface area contributed by atoms with Crippen LogP contribution in [0.1, 0.15) is 27.4 Å². The summed E-state index contributed by atoms with van der Waals surface area (Å²) in [4.78, 5) is 11.9. The number of ketones is 1. The second-order valence-electron chi connectivity index (χ2n) is 3.94. The highest BCUT2D eigenvalue weighted by Crippen LogP contribution is 2.13. The quantitative estimate of drug-likeness (QED) is 0.734. The number of benzene rings is 1. The smallest absolute Gasteiger partial charge is 0.202 e. The molecule has 0 aliphatic carbocycles. The van der Waals surface area contributed by atoms with Gasteiger partial charge in [0.1, 0.15) is 5.76 Å². The lowest BCUT2D eigenvalue weighted by molar-refractivity contribution is 0.0965. The van der Waals surface area contributed by atoms with E-state index in [0.717, 1.165) is 16.9 Å². The van der Waals surface area contributed by atoms with Crippen molar-refractivity contribution < 1.29 is 9.21 Å². The molecule has 2 heteroatoms. The summed E-state index contributed by atoms with van der Waals surface area (Å²) in [6, 6.07) is 11.4. The van der Waals surface area contributed by atoms with Crippen molar-refractivity contribution >= 4 is 5.78 Å². The Bertz CT molecular complexity index is 509. The monoisotopic (exact) mass is 214 g/mol. The maximum atomic E-state index is 11.9. The molecule has 2 nitrogen and oxygen atoms in total. The van der Waals surface area contributed by atoms with Gasteiger partial charge in [-0.25, -0.2) is 0 Å². The van der Waals surface area contributed by atoms with Crippen LogP contribution in [-0.2, 0) is 6.42 Å². The molecule has 0 atom stereocenters. The van der Waals surface area contributed by atoms with Gasteiger partial charge < -0.3 is 4.42 Å². The molecule has 2 aromatic rings. The van der Waals surface area contributed by atoms with Crippen LogP contribution in [0.4, 0.5) is 0 Å². The van der Waals surface area contributed by atoms with Crippen LogP contribution in [-0.4, -0.2) is 5.78 Å². The first-order valence-corrected chi connectivity index (χ1v) is 5.31. The lowest BCUT2D eigenvalue weighted by atomic mass is 10.0. The van der Waals surface area contributed by atoms with E-state index in [1.165, 1.54) is 0 Å². The Labute approximate surface area is 94.9 Å². The van der Waals surface area contributed by atoms with Crippen LogP contribution in [0, 0.1) is 13.8 Å². The summed E-state index contributed by atoms with van der Waals surface area (Å²) in [5, 5.41) is 0. The van der Waals surface area contributed by atoms with E-state index in [1.807, 2.05) is 44.2 Å². The normalized spacial score (nSPS) is 10.4. The van der Waals surface area contributed by atoms with E-state index in [1.54, 1.807) is 6.07 Å². The molecule has 1 aromatic heterocycles. The first kappa shape index (κ1) is 10.7. The predicted molar refractivity (Wildman–Crippen MR) is 62.7 cm³/mol. The van der Waals surface area contributed by atoms with Crippen molar-refractivity contribution in [3.63, 3.8) is 0 Å². The van der Waals surface area contributed by atoms with Crippen molar-refractivity contribution in [1.29, 1.82) is 0 Å². The first-order valence-electron chi connectivity index (χ1n) is 5.31. The molecule has 82 valence electrons. The van der Waals surface area contributed by atoms with Gasteiger partial charge in [0.25, 0.3) is 0 Å². The fourth-order valence-corrected chi connectivity index (χ4v) is 1.65. The minimum absolute atomic E-state index is 0.0300. The third kappa shape index (κ3) is 2.22. The number of carbonyl (C=O) groups is 1. The SMILES string of the molecule is Cc1ccc(C(=O)Cc2ccccc2C)o1. The van der Waals surface area contributed by atoms with Crippen molar-refractivity contribution in [1.82, 2.24) is 0 Å². The van der Waals surface area contributed by atoms with Crippen molar-refractivity contribution in [2.75, 3.05) is 0 Å². The van der Waals surface area contributed by atoms with Gasteiger partial charge >= 0.3 is 0 Å². The topological polar surface area (TPSA) is 30.2 Å². The number of hydrogen-bond donors (Lipinski definition) is 0. The Balaban J connectivity index is 2.17. The summed E-state index contributed by atoms with van der Waals surface area (Å²) in [6.07, 6.45) is 0.402. The largest absolute Gasteiger partial charge is 0.458 e. The third-order valence-electron chi connectivity index (χ3n) is 2.63. The molecule has 0 radical (unpaired) electrons. The van der Waals surface area contributed by atoms with Gasteiger partial charge in [-0.05, 0) is 37.1 Å². The van der Waals surface area contributed by atoms with Crippen LogP contribution in [0.5, 0.6) is 0 Å². The van der Waals surface area contributed by atoms with Crippen molar-refractivity contribution in [2.45, 2.75) is 20.3 Å². The zero-order valence-corrected chi connectivity index (χ0v) is 9.49. The lowest BCUT2D eigenvalue weighted by Crippen LogP contribution is -2.03. The molecule has 0 amide bonds. The Morgan fingerprint density at radius 3 is 2.50 bits per heavy atom. The highest BCUT2D eigenvalue weighted by Gasteiger charge is 2.11. The summed E-state index contributed by atoms with van der Waals surface area (Å²) >= 11 is 0. The van der Waals surface area contributed by atoms with E-state index in [-0.39, 0.29) is 5.78 Å². The van der Waals surface area contributed by atoms with Crippen LogP contribution in [0.3, 0.4) is 0 Å². The zero-order chi connectivity index (χ0) is 11.5. The van der Waals surface area contributed by atoms with Gasteiger partial charge in [-0.3, -0.25) is 4.79 Å². The molecule has 1 aromatic carbocycles. The van der Waals surface area contributed by atoms with Gasteiger partial charge in [0.15, 0.2) is 5.76 Å². The van der Waals surface area contributed by atoms with Gasteiger partial charge in [0, 0.05) is 6.42 Å². The van der Waals surface area contributed by atoms with E-state index in [2.05, 4.69) is 0 Å². The number of Topliss-reactive ketones (excluding diaryl/α,β-unsaturated/α-hetero) is 1. The van der Waals surface area contributed by atoms with Gasteiger partial charge in [-0.2, -0.15) is 0 Å². The Hall–Kier alpha value is -1.83. The second-order valence-corrected chi connectivity index (χ2v) is 3.94. The molecule has 0 aliphatic heterocycles. The zero-order valence-electron chi connectivity index (χ0n) is 9.49. The van der Waals surface area contributed by atoms with Crippen molar-refractivity contribution in [2.24, 2.45) is 0 Å². The van der Waals surface area contributed by atoms with Gasteiger partial charge in [0.2, 0.25) is 5.78 Å². The van der Waals surface area contributed by atoms with Crippen LogP contribution in [0.15, 0.2) is 40.8 Å². The highest BCUT2D eigenvalue weighted by atomic mass is 16.3. The van der Waals surface area contributed by atoms with E-state index in [0.29, 0.717) is 12.2 Å². The summed E-state index contributed by atoms with van der Waals surface area (Å²) in [7, 11) is 0. The molecule has 1 heterocycles. The summed E-state index contributed by atoms with van der Waals surface area (Å²) in [5.74, 6) is 1.25. The van der Waals surface area contributed by atoms with Crippen LogP contribution < -0.4 is 0 Å². The minimum Gasteiger partial charge on any atom is -0.458 e. The van der Waals surface area contributed by atoms with E-state index >= 15 is 0 Å². The lowest BCUT2D eigenvalue weighted by Gasteiger charge is -2.02. The molecule has 0 fully saturated rings. The molecule has 16 heavy (non-hydrogen) atoms. The highest BCUT2D eigenvalue weighted by molar-refractivity contribution is 5.95. The van der Waals surface area contributed by atoms with Crippen molar-refractivity contribution in [3.05, 3.63) is 59.0 Å². The second kappa shape index (κ2) is 4.35. The number of aryl methyl sites for hydroxylation is 2. The maximum Gasteiger partial charge on any atom is 0.202 e. The van der Waals surface area contributed by atoms with Gasteiger partial charge in [-0.15, -0.1) is 0 Å². The molecule has 0 aliphatic rings. The molecule has 0 bridgehead atoms. The number of furan rings is 1. The van der Waals surface area contributed by atoms with E-state index in [9.17, 15) is 4.79 Å². The van der Waals surface area contributed by atoms with E-state index < -0.39 is 0 Å². The Morgan fingerprint density at radius 2 is 1.88 bits per heavy atom. The predicted octanol–water partition coefficient (Wildman–Crippen LogP) is 3.32. The third-order valence-corrected chi connectivity index (χ3v) is 2.63. The Kier molecular flexibility index (Phi) is 2.91. The summed E-state index contributed by atoms with van der Waals surface area (Å²) in [6.45, 7) is 3.85. The summed E-state index contributed by atoms with van der Waals surface area (Å²) in [5.41, 5.74) is 2.20. The average Bonchev–Trinajstić information content (AvgIpc) is 2.68. The first-order chi connectivity index (χ1) is 7.66. The molecular weight excluding hydrogens is 200 g/mol. The van der Waals surface area contributed by atoms with Crippen LogP contribution >= 0.6 is 0 Å². The molecule has 0 spiro atoms. The van der Waals surface area contributed by atoms with Crippen LogP contribution in [0.25, 0.3) is 0 Å². The van der Waals surface area contributed by atoms with Gasteiger partial charge in [-0.1, -0.05) is 24.3 Å². The molecule has 0 N–H and O–H groups in total. The Morgan fingerprint density at radius 1 is 1.12 bits per heavy atom. The number of hydrogen-bond acceptors (Lipinski definition) is 2. The number of carbonyl (C=O) groups excluding carboxylic acids is 1. The standard InChI is InChI=1S/C14H14O2/c1-10-5-3-4-6-12(10)9-13(15)14-8-7-11(2)16-14/h3-8H,9H2,1-2H3. The van der Waals surface area contributed by atoms with Crippen LogP contribution in [0.2, 0.25) is 0 Å².